The van der Waals surface area contributed by atoms with Gasteiger partial charge in [-0.2, -0.15) is 0 Å². The van der Waals surface area contributed by atoms with Crippen LogP contribution in [0.4, 0.5) is 0 Å². The Labute approximate surface area is 106 Å². The van der Waals surface area contributed by atoms with Crippen molar-refractivity contribution in [3.8, 4) is 0 Å². The molecule has 6 nitrogen and oxygen atoms in total. The third kappa shape index (κ3) is 2.80. The Bertz CT molecular complexity index is 378. The Balaban J connectivity index is 2.00. The Morgan fingerprint density at radius 2 is 2.06 bits per heavy atom. The maximum absolute atomic E-state index is 12.3. The predicted molar refractivity (Wildman–Crippen MR) is 62.7 cm³/mol. The van der Waals surface area contributed by atoms with Crippen molar-refractivity contribution in [3.63, 3.8) is 0 Å². The fourth-order valence-corrected chi connectivity index (χ4v) is 2.31. The number of piperidine rings is 1. The summed E-state index contributed by atoms with van der Waals surface area (Å²) in [6.45, 7) is 0.324. The van der Waals surface area contributed by atoms with E-state index in [-0.39, 0.29) is 36.7 Å². The summed E-state index contributed by atoms with van der Waals surface area (Å²) in [4.78, 5) is 37.7. The number of carbonyl (C=O) groups is 3. The lowest BCUT2D eigenvalue weighted by atomic mass is 9.95. The number of carboxylic acid groups (broad SMARTS) is 1. The van der Waals surface area contributed by atoms with Crippen LogP contribution in [0.5, 0.6) is 0 Å². The Hall–Kier alpha value is -1.59. The zero-order chi connectivity index (χ0) is 13.3. The second kappa shape index (κ2) is 4.96. The first kappa shape index (κ1) is 12.9. The maximum atomic E-state index is 12.3. The Morgan fingerprint density at radius 1 is 1.39 bits per heavy atom. The Kier molecular flexibility index (Phi) is 3.54. The van der Waals surface area contributed by atoms with Crippen LogP contribution in [0.15, 0.2) is 0 Å². The smallest absolute Gasteiger partial charge is 0.323 e. The van der Waals surface area contributed by atoms with Crippen molar-refractivity contribution in [1.29, 1.82) is 0 Å². The molecule has 0 spiro atoms. The lowest BCUT2D eigenvalue weighted by Gasteiger charge is -2.31. The SMILES string of the molecule is CN1CCC(C(=O)N(CC(=O)O)C2CC2)CC1=O. The zero-order valence-corrected chi connectivity index (χ0v) is 10.5. The highest BCUT2D eigenvalue weighted by atomic mass is 16.4. The van der Waals surface area contributed by atoms with Crippen molar-refractivity contribution in [1.82, 2.24) is 9.80 Å². The largest absolute Gasteiger partial charge is 0.480 e. The standard InChI is InChI=1S/C12H18N2O4/c1-13-5-4-8(6-10(13)15)12(18)14(7-11(16)17)9-2-3-9/h8-9H,2-7H2,1H3,(H,16,17). The highest BCUT2D eigenvalue weighted by Crippen LogP contribution is 2.30. The highest BCUT2D eigenvalue weighted by Gasteiger charge is 2.39. The van der Waals surface area contributed by atoms with Crippen LogP contribution in [0.3, 0.4) is 0 Å². The van der Waals surface area contributed by atoms with Crippen molar-refractivity contribution in [2.24, 2.45) is 5.92 Å². The van der Waals surface area contributed by atoms with Crippen molar-refractivity contribution in [3.05, 3.63) is 0 Å². The van der Waals surface area contributed by atoms with Gasteiger partial charge in [-0.3, -0.25) is 14.4 Å². The molecule has 2 rings (SSSR count). The number of hydrogen-bond acceptors (Lipinski definition) is 3. The lowest BCUT2D eigenvalue weighted by molar-refractivity contribution is -0.149. The first-order chi connectivity index (χ1) is 8.49. The number of carbonyl (C=O) groups excluding carboxylic acids is 2. The van der Waals surface area contributed by atoms with Crippen LogP contribution >= 0.6 is 0 Å². The third-order valence-electron chi connectivity index (χ3n) is 3.59. The molecule has 0 aromatic heterocycles. The van der Waals surface area contributed by atoms with E-state index in [1.807, 2.05) is 0 Å². The molecule has 2 fully saturated rings. The molecule has 18 heavy (non-hydrogen) atoms. The van der Waals surface area contributed by atoms with Crippen molar-refractivity contribution in [2.75, 3.05) is 20.1 Å². The lowest BCUT2D eigenvalue weighted by Crippen LogP contribution is -2.46. The summed E-state index contributed by atoms with van der Waals surface area (Å²) in [5, 5.41) is 8.83. The molecule has 0 aromatic rings. The number of carboxylic acids is 1. The maximum Gasteiger partial charge on any atom is 0.323 e. The van der Waals surface area contributed by atoms with Crippen LogP contribution in [-0.2, 0) is 14.4 Å². The number of likely N-dealkylation sites (tertiary alicyclic amines) is 1. The molecular weight excluding hydrogens is 236 g/mol. The minimum Gasteiger partial charge on any atom is -0.480 e. The monoisotopic (exact) mass is 254 g/mol. The molecular formula is C12H18N2O4. The molecule has 1 saturated carbocycles. The van der Waals surface area contributed by atoms with Gasteiger partial charge in [0, 0.05) is 32.0 Å². The average Bonchev–Trinajstić information content (AvgIpc) is 3.12. The summed E-state index contributed by atoms with van der Waals surface area (Å²) < 4.78 is 0. The first-order valence-corrected chi connectivity index (χ1v) is 6.25. The van der Waals surface area contributed by atoms with Gasteiger partial charge in [0.1, 0.15) is 6.54 Å². The van der Waals surface area contributed by atoms with Gasteiger partial charge in [0.15, 0.2) is 0 Å². The molecule has 0 aromatic carbocycles. The van der Waals surface area contributed by atoms with Gasteiger partial charge in [-0.25, -0.2) is 0 Å². The topological polar surface area (TPSA) is 77.9 Å². The number of hydrogen-bond donors (Lipinski definition) is 1. The van der Waals surface area contributed by atoms with Gasteiger partial charge in [-0.15, -0.1) is 0 Å². The summed E-state index contributed by atoms with van der Waals surface area (Å²) in [5.41, 5.74) is 0. The number of rotatable bonds is 4. The van der Waals surface area contributed by atoms with Crippen molar-refractivity contribution >= 4 is 17.8 Å². The van der Waals surface area contributed by atoms with Crippen LogP contribution in [0.2, 0.25) is 0 Å². The van der Waals surface area contributed by atoms with Crippen LogP contribution < -0.4 is 0 Å². The van der Waals surface area contributed by atoms with Crippen LogP contribution in [0.1, 0.15) is 25.7 Å². The molecule has 2 aliphatic rings. The summed E-state index contributed by atoms with van der Waals surface area (Å²) in [6.07, 6.45) is 2.58. The summed E-state index contributed by atoms with van der Waals surface area (Å²) in [6, 6.07) is 0.0726. The van der Waals surface area contributed by atoms with Gasteiger partial charge >= 0.3 is 5.97 Å². The molecule has 1 aliphatic carbocycles. The Morgan fingerprint density at radius 3 is 2.56 bits per heavy atom. The predicted octanol–water partition coefficient (Wildman–Crippen LogP) is -0.0696. The number of nitrogens with zero attached hydrogens (tertiary/aromatic N) is 2. The second-order valence-electron chi connectivity index (χ2n) is 5.10. The molecule has 1 unspecified atom stereocenters. The zero-order valence-electron chi connectivity index (χ0n) is 10.5. The second-order valence-corrected chi connectivity index (χ2v) is 5.10. The minimum absolute atomic E-state index is 0.0364. The number of aliphatic carboxylic acids is 1. The summed E-state index contributed by atoms with van der Waals surface area (Å²) >= 11 is 0. The van der Waals surface area contributed by atoms with Gasteiger partial charge in [0.25, 0.3) is 0 Å². The van der Waals surface area contributed by atoms with Crippen LogP contribution in [0, 0.1) is 5.92 Å². The third-order valence-corrected chi connectivity index (χ3v) is 3.59. The molecule has 1 heterocycles. The highest BCUT2D eigenvalue weighted by molar-refractivity contribution is 5.89. The van der Waals surface area contributed by atoms with E-state index in [1.54, 1.807) is 11.9 Å². The van der Waals surface area contributed by atoms with Crippen LogP contribution in [-0.4, -0.2) is 58.9 Å². The van der Waals surface area contributed by atoms with E-state index in [0.717, 1.165) is 12.8 Å². The van der Waals surface area contributed by atoms with Gasteiger partial charge in [0.2, 0.25) is 11.8 Å². The molecule has 1 N–H and O–H groups in total. The molecule has 1 atom stereocenters. The normalized spacial score (nSPS) is 23.9. The van der Waals surface area contributed by atoms with Crippen molar-refractivity contribution < 1.29 is 19.5 Å². The molecule has 6 heteroatoms. The van der Waals surface area contributed by atoms with Gasteiger partial charge in [-0.1, -0.05) is 0 Å². The molecule has 0 radical (unpaired) electrons. The molecule has 1 aliphatic heterocycles. The van der Waals surface area contributed by atoms with Gasteiger partial charge < -0.3 is 14.9 Å². The van der Waals surface area contributed by atoms with E-state index < -0.39 is 5.97 Å². The van der Waals surface area contributed by atoms with E-state index in [0.29, 0.717) is 13.0 Å². The summed E-state index contributed by atoms with van der Waals surface area (Å²) in [5.74, 6) is -1.53. The quantitative estimate of drug-likeness (QED) is 0.761. The van der Waals surface area contributed by atoms with Gasteiger partial charge in [0.05, 0.1) is 0 Å². The van der Waals surface area contributed by atoms with E-state index in [4.69, 9.17) is 5.11 Å². The fraction of sp³-hybridized carbons (Fsp3) is 0.750. The molecule has 100 valence electrons. The van der Waals surface area contributed by atoms with E-state index in [1.165, 1.54) is 4.90 Å². The van der Waals surface area contributed by atoms with Gasteiger partial charge in [-0.05, 0) is 19.3 Å². The summed E-state index contributed by atoms with van der Waals surface area (Å²) in [7, 11) is 1.72. The average molecular weight is 254 g/mol. The van der Waals surface area contributed by atoms with E-state index in [2.05, 4.69) is 0 Å². The number of amides is 2. The van der Waals surface area contributed by atoms with Crippen molar-refractivity contribution in [2.45, 2.75) is 31.7 Å². The fourth-order valence-electron chi connectivity index (χ4n) is 2.31. The molecule has 2 amide bonds. The first-order valence-electron chi connectivity index (χ1n) is 6.25. The van der Waals surface area contributed by atoms with E-state index >= 15 is 0 Å². The minimum atomic E-state index is -0.991. The van der Waals surface area contributed by atoms with Crippen LogP contribution in [0.25, 0.3) is 0 Å². The van der Waals surface area contributed by atoms with E-state index in [9.17, 15) is 14.4 Å². The molecule has 1 saturated heterocycles. The molecule has 0 bridgehead atoms.